The van der Waals surface area contributed by atoms with E-state index in [9.17, 15) is 4.79 Å². The highest BCUT2D eigenvalue weighted by Crippen LogP contribution is 2.19. The van der Waals surface area contributed by atoms with E-state index in [1.54, 1.807) is 31.4 Å². The molecule has 0 amide bonds. The Balaban J connectivity index is 2.04. The van der Waals surface area contributed by atoms with Crippen LogP contribution in [0, 0.1) is 17.2 Å². The number of hydrogen-bond acceptors (Lipinski definition) is 4. The van der Waals surface area contributed by atoms with Crippen molar-refractivity contribution in [1.29, 1.82) is 5.26 Å². The number of carbonyl (C=O) groups is 1. The van der Waals surface area contributed by atoms with Gasteiger partial charge in [0, 0.05) is 24.2 Å². The lowest BCUT2D eigenvalue weighted by molar-refractivity contribution is 0.0977. The summed E-state index contributed by atoms with van der Waals surface area (Å²) in [4.78, 5) is 16.4. The number of hydrogen-bond donors (Lipinski definition) is 0. The van der Waals surface area contributed by atoms with Gasteiger partial charge in [-0.2, -0.15) is 5.26 Å². The Hall–Kier alpha value is -2.15. The van der Waals surface area contributed by atoms with Crippen molar-refractivity contribution >= 4 is 11.5 Å². The molecule has 1 aliphatic heterocycles. The molecular formula is C15H16N2O2. The van der Waals surface area contributed by atoms with Crippen molar-refractivity contribution in [2.75, 3.05) is 13.7 Å². The van der Waals surface area contributed by atoms with Crippen molar-refractivity contribution in [3.05, 3.63) is 29.8 Å². The summed E-state index contributed by atoms with van der Waals surface area (Å²) in [6.07, 6.45) is 2.04. The minimum Gasteiger partial charge on any atom is -0.497 e. The fourth-order valence-electron chi connectivity index (χ4n) is 2.16. The molecule has 1 aromatic rings. The van der Waals surface area contributed by atoms with E-state index in [-0.39, 0.29) is 18.1 Å². The first kappa shape index (κ1) is 13.3. The Labute approximate surface area is 112 Å². The van der Waals surface area contributed by atoms with Gasteiger partial charge in [0.25, 0.3) is 0 Å². The molecule has 1 aromatic carbocycles. The van der Waals surface area contributed by atoms with Gasteiger partial charge >= 0.3 is 0 Å². The summed E-state index contributed by atoms with van der Waals surface area (Å²) in [6, 6.07) is 9.15. The highest BCUT2D eigenvalue weighted by Gasteiger charge is 2.22. The van der Waals surface area contributed by atoms with Crippen LogP contribution in [0.1, 0.15) is 29.6 Å². The van der Waals surface area contributed by atoms with Crippen LogP contribution in [0.3, 0.4) is 0 Å². The number of benzene rings is 1. The van der Waals surface area contributed by atoms with Crippen LogP contribution in [-0.2, 0) is 0 Å². The summed E-state index contributed by atoms with van der Waals surface area (Å²) in [5, 5.41) is 9.16. The van der Waals surface area contributed by atoms with Crippen molar-refractivity contribution < 1.29 is 9.53 Å². The summed E-state index contributed by atoms with van der Waals surface area (Å²) in [6.45, 7) is 0.782. The van der Waals surface area contributed by atoms with E-state index >= 15 is 0 Å². The number of methoxy groups -OCH3 is 1. The minimum atomic E-state index is -0.378. The van der Waals surface area contributed by atoms with Gasteiger partial charge in [0.15, 0.2) is 5.78 Å². The Kier molecular flexibility index (Phi) is 4.30. The van der Waals surface area contributed by atoms with Crippen LogP contribution in [0.4, 0.5) is 0 Å². The molecule has 0 spiro atoms. The molecule has 0 N–H and O–H groups in total. The number of ketones is 1. The molecular weight excluding hydrogens is 240 g/mol. The predicted octanol–water partition coefficient (Wildman–Crippen LogP) is 2.64. The van der Waals surface area contributed by atoms with Crippen LogP contribution in [0.25, 0.3) is 0 Å². The molecule has 4 nitrogen and oxygen atoms in total. The van der Waals surface area contributed by atoms with E-state index in [1.807, 2.05) is 0 Å². The lowest BCUT2D eigenvalue weighted by atomic mass is 9.94. The maximum Gasteiger partial charge on any atom is 0.164 e. The van der Waals surface area contributed by atoms with Gasteiger partial charge in [0.2, 0.25) is 0 Å². The van der Waals surface area contributed by atoms with Gasteiger partial charge < -0.3 is 4.74 Å². The third-order valence-electron chi connectivity index (χ3n) is 3.27. The van der Waals surface area contributed by atoms with E-state index in [0.29, 0.717) is 11.3 Å². The predicted molar refractivity (Wildman–Crippen MR) is 72.6 cm³/mol. The fourth-order valence-corrected chi connectivity index (χ4v) is 2.16. The Bertz CT molecular complexity index is 526. The number of carbonyl (C=O) groups excluding carboxylic acids is 1. The van der Waals surface area contributed by atoms with Gasteiger partial charge in [-0.1, -0.05) is 0 Å². The summed E-state index contributed by atoms with van der Waals surface area (Å²) in [7, 11) is 1.58. The van der Waals surface area contributed by atoms with Gasteiger partial charge in [-0.25, -0.2) is 0 Å². The maximum atomic E-state index is 12.1. The number of nitrogens with zero attached hydrogens (tertiary/aromatic N) is 2. The third kappa shape index (κ3) is 3.19. The molecule has 0 fully saturated rings. The lowest BCUT2D eigenvalue weighted by Gasteiger charge is -2.08. The van der Waals surface area contributed by atoms with E-state index in [1.165, 1.54) is 0 Å². The van der Waals surface area contributed by atoms with Crippen molar-refractivity contribution in [3.8, 4) is 11.8 Å². The second-order valence-electron chi connectivity index (χ2n) is 4.51. The third-order valence-corrected chi connectivity index (χ3v) is 3.27. The lowest BCUT2D eigenvalue weighted by Crippen LogP contribution is -2.15. The van der Waals surface area contributed by atoms with Crippen LogP contribution in [-0.4, -0.2) is 25.1 Å². The number of nitriles is 1. The van der Waals surface area contributed by atoms with Crippen molar-refractivity contribution in [3.63, 3.8) is 0 Å². The summed E-state index contributed by atoms with van der Waals surface area (Å²) in [5.74, 6) is 0.314. The fraction of sp³-hybridized carbons (Fsp3) is 0.400. The highest BCUT2D eigenvalue weighted by atomic mass is 16.5. The van der Waals surface area contributed by atoms with Crippen molar-refractivity contribution in [2.24, 2.45) is 10.9 Å². The molecule has 2 rings (SSSR count). The van der Waals surface area contributed by atoms with Crippen LogP contribution in [0.5, 0.6) is 5.75 Å². The van der Waals surface area contributed by atoms with Gasteiger partial charge in [-0.05, 0) is 37.1 Å². The molecule has 4 heteroatoms. The molecule has 1 heterocycles. The van der Waals surface area contributed by atoms with Crippen molar-refractivity contribution in [1.82, 2.24) is 0 Å². The normalized spacial score (nSPS) is 15.5. The summed E-state index contributed by atoms with van der Waals surface area (Å²) < 4.78 is 5.05. The van der Waals surface area contributed by atoms with Crippen LogP contribution >= 0.6 is 0 Å². The number of ether oxygens (including phenoxy) is 1. The Morgan fingerprint density at radius 3 is 2.74 bits per heavy atom. The molecule has 19 heavy (non-hydrogen) atoms. The van der Waals surface area contributed by atoms with E-state index in [4.69, 9.17) is 10.00 Å². The molecule has 0 bridgehead atoms. The minimum absolute atomic E-state index is 0.0243. The maximum absolute atomic E-state index is 12.1. The molecule has 0 aliphatic carbocycles. The molecule has 0 saturated carbocycles. The highest BCUT2D eigenvalue weighted by molar-refractivity contribution is 6.01. The van der Waals surface area contributed by atoms with E-state index in [0.717, 1.165) is 25.1 Å². The quantitative estimate of drug-likeness (QED) is 0.761. The van der Waals surface area contributed by atoms with E-state index < -0.39 is 0 Å². The Morgan fingerprint density at radius 2 is 2.21 bits per heavy atom. The van der Waals surface area contributed by atoms with Gasteiger partial charge in [-0.15, -0.1) is 0 Å². The summed E-state index contributed by atoms with van der Waals surface area (Å²) in [5.41, 5.74) is 1.49. The molecule has 1 aliphatic rings. The average Bonchev–Trinajstić information content (AvgIpc) is 2.98. The second-order valence-corrected chi connectivity index (χ2v) is 4.51. The molecule has 0 aromatic heterocycles. The molecule has 0 saturated heterocycles. The molecule has 0 radical (unpaired) electrons. The summed E-state index contributed by atoms with van der Waals surface area (Å²) >= 11 is 0. The SMILES string of the molecule is COc1ccc(C(=O)CC(C#N)C2=NCCC2)cc1. The zero-order valence-electron chi connectivity index (χ0n) is 10.9. The average molecular weight is 256 g/mol. The topological polar surface area (TPSA) is 62.5 Å². The first-order valence-electron chi connectivity index (χ1n) is 6.34. The van der Waals surface area contributed by atoms with Gasteiger partial charge in [0.05, 0.1) is 19.1 Å². The number of Topliss-reactive ketones (excluding diaryl/α,β-unsaturated/α-hetero) is 1. The van der Waals surface area contributed by atoms with Gasteiger partial charge in [0.1, 0.15) is 5.75 Å². The first-order valence-corrected chi connectivity index (χ1v) is 6.34. The second kappa shape index (κ2) is 6.14. The molecule has 1 atom stereocenters. The van der Waals surface area contributed by atoms with Gasteiger partial charge in [-0.3, -0.25) is 9.79 Å². The standard InChI is InChI=1S/C15H16N2O2/c1-19-13-6-4-11(5-7-13)15(18)9-12(10-16)14-3-2-8-17-14/h4-7,12H,2-3,8-9H2,1H3. The molecule has 98 valence electrons. The number of aliphatic imine (C=N–C) groups is 1. The van der Waals surface area contributed by atoms with Crippen LogP contribution in [0.2, 0.25) is 0 Å². The zero-order valence-corrected chi connectivity index (χ0v) is 10.9. The van der Waals surface area contributed by atoms with E-state index in [2.05, 4.69) is 11.1 Å². The Morgan fingerprint density at radius 1 is 1.47 bits per heavy atom. The van der Waals surface area contributed by atoms with Crippen LogP contribution in [0.15, 0.2) is 29.3 Å². The first-order chi connectivity index (χ1) is 9.24. The van der Waals surface area contributed by atoms with Crippen molar-refractivity contribution in [2.45, 2.75) is 19.3 Å². The smallest absolute Gasteiger partial charge is 0.164 e. The zero-order chi connectivity index (χ0) is 13.7. The monoisotopic (exact) mass is 256 g/mol. The number of rotatable bonds is 5. The largest absolute Gasteiger partial charge is 0.497 e. The van der Waals surface area contributed by atoms with Crippen LogP contribution < -0.4 is 4.74 Å². The molecule has 1 unspecified atom stereocenters.